The van der Waals surface area contributed by atoms with Crippen molar-refractivity contribution in [2.24, 2.45) is 0 Å². The lowest BCUT2D eigenvalue weighted by atomic mass is 10.1. The summed E-state index contributed by atoms with van der Waals surface area (Å²) in [6.45, 7) is 12.3. The van der Waals surface area contributed by atoms with Gasteiger partial charge in [0.25, 0.3) is 0 Å². The molecule has 0 heterocycles. The van der Waals surface area contributed by atoms with Gasteiger partial charge in [0.15, 0.2) is 14.1 Å². The summed E-state index contributed by atoms with van der Waals surface area (Å²) in [4.78, 5) is 30.0. The summed E-state index contributed by atoms with van der Waals surface area (Å²) in [6, 6.07) is 0. The molecular weight excluding hydrogens is 295 g/mol. The molecule has 0 aromatic heterocycles. The smallest absolute Gasteiger partial charge is 0.333 e. The lowest BCUT2D eigenvalue weighted by molar-refractivity contribution is -0.124. The van der Waals surface area contributed by atoms with Gasteiger partial charge < -0.3 is 14.2 Å². The summed E-state index contributed by atoms with van der Waals surface area (Å²) in [5.74, 6) is -0.475. The molecule has 0 amide bonds. The van der Waals surface area contributed by atoms with E-state index < -0.39 is 34.0 Å². The Morgan fingerprint density at radius 2 is 1.80 bits per heavy atom. The summed E-state index contributed by atoms with van der Waals surface area (Å²) < 4.78 is 17.1. The van der Waals surface area contributed by atoms with Gasteiger partial charge >= 0.3 is 7.60 Å². The molecule has 2 N–H and O–H groups in total. The molecule has 1 atom stereocenters. The maximum Gasteiger partial charge on any atom is 0.333 e. The van der Waals surface area contributed by atoms with Gasteiger partial charge in [0.05, 0.1) is 0 Å². The van der Waals surface area contributed by atoms with E-state index in [-0.39, 0.29) is 5.04 Å². The van der Waals surface area contributed by atoms with Crippen molar-refractivity contribution < 1.29 is 23.6 Å². The van der Waals surface area contributed by atoms with E-state index in [9.17, 15) is 9.36 Å². The minimum Gasteiger partial charge on any atom is -0.407 e. The standard InChI is InChI=1S/C13H29O5PSi/c1-7-8-9-12(11(14)10-19(15,16)17)18-20(5,6)13(2,3)4/h12H,7-10H2,1-6H3,(H2,15,16,17). The highest BCUT2D eigenvalue weighted by Gasteiger charge is 2.41. The number of carbonyl (C=O) groups is 1. The second-order valence-corrected chi connectivity index (χ2v) is 13.2. The maximum absolute atomic E-state index is 12.1. The van der Waals surface area contributed by atoms with Gasteiger partial charge in [-0.2, -0.15) is 0 Å². The van der Waals surface area contributed by atoms with Crippen LogP contribution < -0.4 is 0 Å². The first kappa shape index (κ1) is 20.0. The second kappa shape index (κ2) is 7.32. The van der Waals surface area contributed by atoms with Crippen molar-refractivity contribution in [1.82, 2.24) is 0 Å². The van der Waals surface area contributed by atoms with E-state index in [1.807, 2.05) is 20.0 Å². The number of Topliss-reactive ketones (excluding diaryl/α,β-unsaturated/α-hetero) is 1. The van der Waals surface area contributed by atoms with E-state index in [1.165, 1.54) is 0 Å². The molecule has 0 radical (unpaired) electrons. The average Bonchev–Trinajstić information content (AvgIpc) is 2.19. The van der Waals surface area contributed by atoms with E-state index in [2.05, 4.69) is 20.8 Å². The fraction of sp³-hybridized carbons (Fsp3) is 0.923. The van der Waals surface area contributed by atoms with Gasteiger partial charge in [0.2, 0.25) is 0 Å². The molecule has 0 aliphatic rings. The van der Waals surface area contributed by atoms with Crippen molar-refractivity contribution in [3.63, 3.8) is 0 Å². The molecule has 0 aromatic rings. The summed E-state index contributed by atoms with van der Waals surface area (Å²) >= 11 is 0. The number of carbonyl (C=O) groups excluding carboxylic acids is 1. The van der Waals surface area contributed by atoms with Crippen LogP contribution in [-0.4, -0.2) is 36.2 Å². The van der Waals surface area contributed by atoms with Crippen LogP contribution in [0.15, 0.2) is 0 Å². The monoisotopic (exact) mass is 324 g/mol. The minimum atomic E-state index is -4.33. The van der Waals surface area contributed by atoms with Crippen LogP contribution in [0.3, 0.4) is 0 Å². The van der Waals surface area contributed by atoms with E-state index in [0.717, 1.165) is 12.8 Å². The maximum atomic E-state index is 12.1. The van der Waals surface area contributed by atoms with Gasteiger partial charge in [0.1, 0.15) is 12.3 Å². The van der Waals surface area contributed by atoms with Crippen molar-refractivity contribution in [2.75, 3.05) is 6.16 Å². The number of ketones is 1. The molecule has 0 aliphatic carbocycles. The van der Waals surface area contributed by atoms with Crippen molar-refractivity contribution in [3.8, 4) is 0 Å². The molecule has 120 valence electrons. The van der Waals surface area contributed by atoms with Gasteiger partial charge in [-0.1, -0.05) is 40.5 Å². The van der Waals surface area contributed by atoms with Gasteiger partial charge in [0, 0.05) is 0 Å². The van der Waals surface area contributed by atoms with E-state index in [1.54, 1.807) is 0 Å². The third kappa shape index (κ3) is 7.13. The van der Waals surface area contributed by atoms with Gasteiger partial charge in [-0.15, -0.1) is 0 Å². The number of hydrogen-bond acceptors (Lipinski definition) is 3. The van der Waals surface area contributed by atoms with Crippen LogP contribution in [0.2, 0.25) is 18.1 Å². The molecule has 7 heteroatoms. The summed E-state index contributed by atoms with van der Waals surface area (Å²) in [5, 5.41) is -0.0418. The number of hydrogen-bond donors (Lipinski definition) is 2. The van der Waals surface area contributed by atoms with Crippen LogP contribution in [0, 0.1) is 0 Å². The molecule has 0 bridgehead atoms. The minimum absolute atomic E-state index is 0.0418. The topological polar surface area (TPSA) is 83.8 Å². The highest BCUT2D eigenvalue weighted by Crippen LogP contribution is 2.39. The molecule has 0 saturated heterocycles. The fourth-order valence-corrected chi connectivity index (χ4v) is 3.44. The Morgan fingerprint density at radius 3 is 2.15 bits per heavy atom. The Kier molecular flexibility index (Phi) is 7.32. The van der Waals surface area contributed by atoms with Crippen molar-refractivity contribution in [3.05, 3.63) is 0 Å². The molecule has 20 heavy (non-hydrogen) atoms. The summed E-state index contributed by atoms with van der Waals surface area (Å²) in [6.07, 6.45) is 0.841. The predicted octanol–water partition coefficient (Wildman–Crippen LogP) is 3.31. The lowest BCUT2D eigenvalue weighted by Gasteiger charge is -2.39. The Labute approximate surface area is 123 Å². The Bertz CT molecular complexity index is 369. The number of rotatable bonds is 8. The summed E-state index contributed by atoms with van der Waals surface area (Å²) in [7, 11) is -6.46. The van der Waals surface area contributed by atoms with Gasteiger partial charge in [-0.25, -0.2) is 0 Å². The Hall–Kier alpha value is -0.00312. The van der Waals surface area contributed by atoms with Crippen molar-refractivity contribution in [1.29, 1.82) is 0 Å². The molecule has 0 aliphatic heterocycles. The predicted molar refractivity (Wildman–Crippen MR) is 83.5 cm³/mol. The molecule has 0 saturated carbocycles. The van der Waals surface area contributed by atoms with Gasteiger partial charge in [-0.05, 0) is 24.6 Å². The first-order valence-electron chi connectivity index (χ1n) is 7.05. The van der Waals surface area contributed by atoms with Crippen LogP contribution >= 0.6 is 7.60 Å². The van der Waals surface area contributed by atoms with E-state index in [4.69, 9.17) is 14.2 Å². The van der Waals surface area contributed by atoms with Crippen LogP contribution in [-0.2, 0) is 13.8 Å². The van der Waals surface area contributed by atoms with Crippen LogP contribution in [0.1, 0.15) is 47.0 Å². The highest BCUT2D eigenvalue weighted by molar-refractivity contribution is 7.52. The van der Waals surface area contributed by atoms with Crippen LogP contribution in [0.5, 0.6) is 0 Å². The zero-order valence-electron chi connectivity index (χ0n) is 13.5. The summed E-state index contributed by atoms with van der Waals surface area (Å²) in [5.41, 5.74) is 0. The molecule has 1 unspecified atom stereocenters. The normalized spacial score (nSPS) is 15.2. The van der Waals surface area contributed by atoms with Crippen molar-refractivity contribution >= 4 is 21.7 Å². The molecule has 0 aromatic carbocycles. The van der Waals surface area contributed by atoms with Crippen LogP contribution in [0.25, 0.3) is 0 Å². The second-order valence-electron chi connectivity index (χ2n) is 6.80. The molecule has 0 spiro atoms. The SMILES string of the molecule is CCCCC(O[Si](C)(C)C(C)(C)C)C(=O)CP(=O)(O)O. The van der Waals surface area contributed by atoms with Crippen LogP contribution in [0.4, 0.5) is 0 Å². The zero-order chi connectivity index (χ0) is 16.2. The lowest BCUT2D eigenvalue weighted by Crippen LogP contribution is -2.46. The van der Waals surface area contributed by atoms with E-state index in [0.29, 0.717) is 6.42 Å². The largest absolute Gasteiger partial charge is 0.407 e. The third-order valence-electron chi connectivity index (χ3n) is 3.78. The first-order chi connectivity index (χ1) is 8.80. The fourth-order valence-electron chi connectivity index (χ4n) is 1.51. The molecule has 5 nitrogen and oxygen atoms in total. The number of unbranched alkanes of at least 4 members (excludes halogenated alkanes) is 1. The molecule has 0 rings (SSSR count). The average molecular weight is 324 g/mol. The van der Waals surface area contributed by atoms with E-state index >= 15 is 0 Å². The van der Waals surface area contributed by atoms with Gasteiger partial charge in [-0.3, -0.25) is 9.36 Å². The zero-order valence-corrected chi connectivity index (χ0v) is 15.4. The Morgan fingerprint density at radius 1 is 1.30 bits per heavy atom. The quantitative estimate of drug-likeness (QED) is 0.528. The third-order valence-corrected chi connectivity index (χ3v) is 8.99. The molecular formula is C13H29O5PSi. The molecule has 0 fully saturated rings. The highest BCUT2D eigenvalue weighted by atomic mass is 31.2. The first-order valence-corrected chi connectivity index (χ1v) is 11.8. The van der Waals surface area contributed by atoms with Crippen molar-refractivity contribution in [2.45, 2.75) is 71.2 Å². The Balaban J connectivity index is 4.98.